The van der Waals surface area contributed by atoms with E-state index in [1.807, 2.05) is 24.4 Å². The number of nitrogens with zero attached hydrogens (tertiary/aromatic N) is 1. The highest BCUT2D eigenvalue weighted by Crippen LogP contribution is 2.28. The number of anilines is 1. The summed E-state index contributed by atoms with van der Waals surface area (Å²) in [7, 11) is 0. The Balaban J connectivity index is 2.58. The van der Waals surface area contributed by atoms with Gasteiger partial charge in [0.1, 0.15) is 5.82 Å². The number of hydrogen-bond acceptors (Lipinski definition) is 4. The Hall–Kier alpha value is -1.68. The normalized spacial score (nSPS) is 10.2. The molecule has 0 bridgehead atoms. The zero-order valence-electron chi connectivity index (χ0n) is 8.23. The molecular weight excluding hydrogens is 208 g/mol. The van der Waals surface area contributed by atoms with E-state index in [0.717, 1.165) is 28.0 Å². The highest BCUT2D eigenvalue weighted by atomic mass is 32.1. The molecule has 0 saturated heterocycles. The number of aryl methyl sites for hydroxylation is 1. The number of aromatic nitrogens is 1. The molecule has 2 heterocycles. The van der Waals surface area contributed by atoms with Crippen molar-refractivity contribution >= 4 is 23.4 Å². The number of thiophene rings is 1. The zero-order chi connectivity index (χ0) is 10.8. The predicted molar refractivity (Wildman–Crippen MR) is 62.1 cm³/mol. The number of nitrogen functional groups attached to an aromatic ring is 1. The minimum Gasteiger partial charge on any atom is -0.384 e. The number of carbonyl (C=O) groups excluding carboxylic acids is 1. The molecule has 0 fully saturated rings. The first-order chi connectivity index (χ1) is 7.20. The van der Waals surface area contributed by atoms with E-state index in [1.165, 1.54) is 11.3 Å². The van der Waals surface area contributed by atoms with Crippen molar-refractivity contribution in [1.29, 1.82) is 0 Å². The first-order valence-corrected chi connectivity index (χ1v) is 5.36. The molecule has 0 atom stereocenters. The van der Waals surface area contributed by atoms with Crippen molar-refractivity contribution in [1.82, 2.24) is 4.98 Å². The number of carbonyl (C=O) groups is 1. The van der Waals surface area contributed by atoms with Gasteiger partial charge in [-0.2, -0.15) is 0 Å². The third kappa shape index (κ3) is 1.89. The summed E-state index contributed by atoms with van der Waals surface area (Å²) in [6.07, 6.45) is 0.867. The summed E-state index contributed by atoms with van der Waals surface area (Å²) < 4.78 is 0. The highest BCUT2D eigenvalue weighted by Gasteiger charge is 2.07. The van der Waals surface area contributed by atoms with Crippen molar-refractivity contribution in [2.45, 2.75) is 6.92 Å². The van der Waals surface area contributed by atoms with E-state index < -0.39 is 0 Å². The molecule has 0 aliphatic heterocycles. The van der Waals surface area contributed by atoms with Crippen LogP contribution in [0.5, 0.6) is 0 Å². The van der Waals surface area contributed by atoms with Crippen LogP contribution in [-0.4, -0.2) is 11.3 Å². The van der Waals surface area contributed by atoms with Crippen molar-refractivity contribution in [3.8, 4) is 11.1 Å². The van der Waals surface area contributed by atoms with Crippen LogP contribution < -0.4 is 5.73 Å². The topological polar surface area (TPSA) is 56.0 Å². The van der Waals surface area contributed by atoms with Crippen LogP contribution in [0.1, 0.15) is 15.4 Å². The molecule has 2 N–H and O–H groups in total. The standard InChI is InChI=1S/C11H10N2OS/c1-7-4-8(5-11(12)13-7)9-2-3-15-10(9)6-14/h2-6H,1H3,(H2,12,13). The van der Waals surface area contributed by atoms with E-state index in [4.69, 9.17) is 5.73 Å². The highest BCUT2D eigenvalue weighted by molar-refractivity contribution is 7.12. The Morgan fingerprint density at radius 3 is 2.93 bits per heavy atom. The molecule has 0 amide bonds. The van der Waals surface area contributed by atoms with E-state index in [1.54, 1.807) is 6.07 Å². The fourth-order valence-electron chi connectivity index (χ4n) is 1.50. The molecule has 0 aliphatic rings. The smallest absolute Gasteiger partial charge is 0.160 e. The third-order valence-corrected chi connectivity index (χ3v) is 2.93. The van der Waals surface area contributed by atoms with Gasteiger partial charge >= 0.3 is 0 Å². The maximum absolute atomic E-state index is 10.8. The molecule has 2 rings (SSSR count). The van der Waals surface area contributed by atoms with Crippen LogP contribution in [0.3, 0.4) is 0 Å². The third-order valence-electron chi connectivity index (χ3n) is 2.09. The molecule has 3 nitrogen and oxygen atoms in total. The van der Waals surface area contributed by atoms with Crippen LogP contribution in [0.15, 0.2) is 23.6 Å². The average Bonchev–Trinajstić information content (AvgIpc) is 2.63. The maximum Gasteiger partial charge on any atom is 0.160 e. The minimum atomic E-state index is 0.480. The molecule has 0 unspecified atom stereocenters. The quantitative estimate of drug-likeness (QED) is 0.788. The second kappa shape index (κ2) is 3.82. The van der Waals surface area contributed by atoms with E-state index >= 15 is 0 Å². The molecule has 2 aromatic heterocycles. The van der Waals surface area contributed by atoms with Gasteiger partial charge in [-0.1, -0.05) is 0 Å². The van der Waals surface area contributed by atoms with Crippen molar-refractivity contribution in [3.05, 3.63) is 34.2 Å². The summed E-state index contributed by atoms with van der Waals surface area (Å²) in [5, 5.41) is 1.89. The van der Waals surface area contributed by atoms with Crippen molar-refractivity contribution in [2.75, 3.05) is 5.73 Å². The predicted octanol–water partition coefficient (Wildman–Crippen LogP) is 2.51. The first-order valence-electron chi connectivity index (χ1n) is 4.48. The lowest BCUT2D eigenvalue weighted by molar-refractivity contribution is 0.112. The van der Waals surface area contributed by atoms with Gasteiger partial charge in [0, 0.05) is 11.3 Å². The lowest BCUT2D eigenvalue weighted by atomic mass is 10.1. The van der Waals surface area contributed by atoms with Gasteiger partial charge in [0.05, 0.1) is 4.88 Å². The molecular formula is C11H10N2OS. The molecule has 2 aromatic rings. The van der Waals surface area contributed by atoms with Crippen LogP contribution >= 0.6 is 11.3 Å². The van der Waals surface area contributed by atoms with Gasteiger partial charge in [0.25, 0.3) is 0 Å². The fourth-order valence-corrected chi connectivity index (χ4v) is 2.22. The molecule has 15 heavy (non-hydrogen) atoms. The molecule has 0 spiro atoms. The Labute approximate surface area is 91.6 Å². The van der Waals surface area contributed by atoms with Gasteiger partial charge in [0.15, 0.2) is 6.29 Å². The van der Waals surface area contributed by atoms with Crippen molar-refractivity contribution < 1.29 is 4.79 Å². The second-order valence-electron chi connectivity index (χ2n) is 3.24. The molecule has 0 aliphatic carbocycles. The first kappa shape index (κ1) is 9.86. The Bertz CT molecular complexity index is 485. The summed E-state index contributed by atoms with van der Waals surface area (Å²) in [4.78, 5) is 15.6. The second-order valence-corrected chi connectivity index (χ2v) is 4.19. The fraction of sp³-hybridized carbons (Fsp3) is 0.0909. The monoisotopic (exact) mass is 218 g/mol. The molecule has 0 aromatic carbocycles. The Morgan fingerprint density at radius 1 is 1.47 bits per heavy atom. The zero-order valence-corrected chi connectivity index (χ0v) is 9.04. The number of nitrogens with two attached hydrogens (primary N) is 1. The Morgan fingerprint density at radius 2 is 2.27 bits per heavy atom. The van der Waals surface area contributed by atoms with Crippen LogP contribution in [0.4, 0.5) is 5.82 Å². The van der Waals surface area contributed by atoms with Crippen LogP contribution in [0, 0.1) is 6.92 Å². The van der Waals surface area contributed by atoms with E-state index in [0.29, 0.717) is 5.82 Å². The molecule has 76 valence electrons. The minimum absolute atomic E-state index is 0.480. The SMILES string of the molecule is Cc1cc(-c2ccsc2C=O)cc(N)n1. The number of hydrogen-bond donors (Lipinski definition) is 1. The summed E-state index contributed by atoms with van der Waals surface area (Å²) in [5.41, 5.74) is 8.39. The van der Waals surface area contributed by atoms with E-state index in [9.17, 15) is 4.79 Å². The van der Waals surface area contributed by atoms with Crippen LogP contribution in [0.25, 0.3) is 11.1 Å². The number of rotatable bonds is 2. The maximum atomic E-state index is 10.8. The van der Waals surface area contributed by atoms with Gasteiger partial charge in [0.2, 0.25) is 0 Å². The van der Waals surface area contributed by atoms with Crippen LogP contribution in [0.2, 0.25) is 0 Å². The molecule has 0 saturated carbocycles. The van der Waals surface area contributed by atoms with E-state index in [2.05, 4.69) is 4.98 Å². The summed E-state index contributed by atoms with van der Waals surface area (Å²) in [6.45, 7) is 1.88. The van der Waals surface area contributed by atoms with Gasteiger partial charge < -0.3 is 5.73 Å². The van der Waals surface area contributed by atoms with Gasteiger partial charge in [-0.25, -0.2) is 4.98 Å². The van der Waals surface area contributed by atoms with Crippen molar-refractivity contribution in [3.63, 3.8) is 0 Å². The van der Waals surface area contributed by atoms with Gasteiger partial charge in [-0.3, -0.25) is 4.79 Å². The van der Waals surface area contributed by atoms with Crippen molar-refractivity contribution in [2.24, 2.45) is 0 Å². The lowest BCUT2D eigenvalue weighted by Gasteiger charge is -2.02. The van der Waals surface area contributed by atoms with Crippen LogP contribution in [-0.2, 0) is 0 Å². The number of aldehydes is 1. The summed E-state index contributed by atoms with van der Waals surface area (Å²) >= 11 is 1.43. The molecule has 0 radical (unpaired) electrons. The average molecular weight is 218 g/mol. The summed E-state index contributed by atoms with van der Waals surface area (Å²) in [6, 6.07) is 5.62. The number of pyridine rings is 1. The van der Waals surface area contributed by atoms with Gasteiger partial charge in [-0.15, -0.1) is 11.3 Å². The molecule has 4 heteroatoms. The largest absolute Gasteiger partial charge is 0.384 e. The lowest BCUT2D eigenvalue weighted by Crippen LogP contribution is -1.93. The summed E-state index contributed by atoms with van der Waals surface area (Å²) in [5.74, 6) is 0.480. The Kier molecular flexibility index (Phi) is 2.51. The van der Waals surface area contributed by atoms with Gasteiger partial charge in [-0.05, 0) is 36.1 Å². The van der Waals surface area contributed by atoms with E-state index in [-0.39, 0.29) is 0 Å².